The number of rotatable bonds is 5. The molecule has 0 aliphatic heterocycles. The van der Waals surface area contributed by atoms with E-state index in [2.05, 4.69) is 5.32 Å². The van der Waals surface area contributed by atoms with Crippen molar-refractivity contribution in [3.8, 4) is 0 Å². The zero-order valence-electron chi connectivity index (χ0n) is 9.84. The van der Waals surface area contributed by atoms with Crippen molar-refractivity contribution < 1.29 is 17.9 Å². The quantitative estimate of drug-likeness (QED) is 0.863. The van der Waals surface area contributed by atoms with Crippen LogP contribution in [0.3, 0.4) is 0 Å². The van der Waals surface area contributed by atoms with Crippen LogP contribution in [0.4, 0.5) is 13.2 Å². The Morgan fingerprint density at radius 1 is 1.24 bits per heavy atom. The minimum Gasteiger partial charge on any atom is -0.372 e. The summed E-state index contributed by atoms with van der Waals surface area (Å²) in [5.74, 6) is 0. The number of nitrogens with one attached hydrogen (secondary N) is 1. The molecular formula is C12H16F3NO. The largest absolute Gasteiger partial charge is 0.416 e. The summed E-state index contributed by atoms with van der Waals surface area (Å²) in [5.41, 5.74) is 0.107. The lowest BCUT2D eigenvalue weighted by molar-refractivity contribution is -0.137. The Kier molecular flexibility index (Phi) is 4.96. The molecule has 2 nitrogen and oxygen atoms in total. The SMILES string of the molecule is CCO[C@@H](CNC)c1ccc(C(F)(F)F)cc1. The summed E-state index contributed by atoms with van der Waals surface area (Å²) in [5, 5.41) is 2.95. The van der Waals surface area contributed by atoms with Crippen LogP contribution in [0, 0.1) is 0 Å². The van der Waals surface area contributed by atoms with Crippen LogP contribution in [0.2, 0.25) is 0 Å². The highest BCUT2D eigenvalue weighted by molar-refractivity contribution is 5.26. The maximum Gasteiger partial charge on any atom is 0.416 e. The van der Waals surface area contributed by atoms with Crippen LogP contribution in [0.15, 0.2) is 24.3 Å². The van der Waals surface area contributed by atoms with Crippen molar-refractivity contribution in [2.45, 2.75) is 19.2 Å². The molecule has 1 aromatic carbocycles. The summed E-state index contributed by atoms with van der Waals surface area (Å²) in [6.07, 6.45) is -4.50. The third-order valence-electron chi connectivity index (χ3n) is 2.37. The second-order valence-corrected chi connectivity index (χ2v) is 3.62. The molecule has 0 radical (unpaired) electrons. The first-order chi connectivity index (χ1) is 7.99. The van der Waals surface area contributed by atoms with Gasteiger partial charge in [0, 0.05) is 13.2 Å². The lowest BCUT2D eigenvalue weighted by Gasteiger charge is -2.17. The van der Waals surface area contributed by atoms with E-state index in [-0.39, 0.29) is 6.10 Å². The molecule has 0 saturated carbocycles. The smallest absolute Gasteiger partial charge is 0.372 e. The molecular weight excluding hydrogens is 231 g/mol. The summed E-state index contributed by atoms with van der Waals surface area (Å²) in [6.45, 7) is 2.94. The fraction of sp³-hybridized carbons (Fsp3) is 0.500. The van der Waals surface area contributed by atoms with Crippen molar-refractivity contribution in [2.75, 3.05) is 20.2 Å². The molecule has 17 heavy (non-hydrogen) atoms. The molecule has 0 aliphatic rings. The highest BCUT2D eigenvalue weighted by atomic mass is 19.4. The number of benzene rings is 1. The molecule has 0 unspecified atom stereocenters. The van der Waals surface area contributed by atoms with Crippen LogP contribution in [-0.4, -0.2) is 20.2 Å². The number of hydrogen-bond donors (Lipinski definition) is 1. The minimum atomic E-state index is -4.29. The van der Waals surface area contributed by atoms with E-state index in [1.807, 2.05) is 6.92 Å². The second-order valence-electron chi connectivity index (χ2n) is 3.62. The average molecular weight is 247 g/mol. The molecule has 0 bridgehead atoms. The van der Waals surface area contributed by atoms with Crippen LogP contribution >= 0.6 is 0 Å². The molecule has 96 valence electrons. The first kappa shape index (κ1) is 14.0. The molecule has 1 rings (SSSR count). The first-order valence-electron chi connectivity index (χ1n) is 5.42. The van der Waals surface area contributed by atoms with E-state index >= 15 is 0 Å². The Balaban J connectivity index is 2.84. The molecule has 1 atom stereocenters. The van der Waals surface area contributed by atoms with Crippen LogP contribution in [-0.2, 0) is 10.9 Å². The molecule has 0 aromatic heterocycles. The molecule has 0 amide bonds. The zero-order valence-corrected chi connectivity index (χ0v) is 9.84. The summed E-state index contributed by atoms with van der Waals surface area (Å²) in [7, 11) is 1.77. The fourth-order valence-electron chi connectivity index (χ4n) is 1.55. The van der Waals surface area contributed by atoms with Gasteiger partial charge in [0.15, 0.2) is 0 Å². The van der Waals surface area contributed by atoms with Gasteiger partial charge in [0.1, 0.15) is 0 Å². The molecule has 1 aromatic rings. The van der Waals surface area contributed by atoms with E-state index in [0.717, 1.165) is 17.7 Å². The molecule has 0 heterocycles. The van der Waals surface area contributed by atoms with Crippen molar-refractivity contribution in [1.29, 1.82) is 0 Å². The number of alkyl halides is 3. The highest BCUT2D eigenvalue weighted by Gasteiger charge is 2.30. The van der Waals surface area contributed by atoms with Gasteiger partial charge in [-0.05, 0) is 31.7 Å². The Labute approximate surface area is 98.8 Å². The number of ether oxygens (including phenoxy) is 1. The molecule has 0 aliphatic carbocycles. The molecule has 5 heteroatoms. The van der Waals surface area contributed by atoms with Gasteiger partial charge in [-0.2, -0.15) is 13.2 Å². The summed E-state index contributed by atoms with van der Waals surface area (Å²) < 4.78 is 42.6. The number of hydrogen-bond acceptors (Lipinski definition) is 2. The third kappa shape index (κ3) is 4.02. The van der Waals surface area contributed by atoms with E-state index in [0.29, 0.717) is 13.2 Å². The zero-order chi connectivity index (χ0) is 12.9. The summed E-state index contributed by atoms with van der Waals surface area (Å²) in [4.78, 5) is 0. The summed E-state index contributed by atoms with van der Waals surface area (Å²) >= 11 is 0. The predicted molar refractivity (Wildman–Crippen MR) is 59.7 cm³/mol. The van der Waals surface area contributed by atoms with E-state index in [9.17, 15) is 13.2 Å². The third-order valence-corrected chi connectivity index (χ3v) is 2.37. The second kappa shape index (κ2) is 6.02. The van der Waals surface area contributed by atoms with Crippen LogP contribution < -0.4 is 5.32 Å². The van der Waals surface area contributed by atoms with Crippen LogP contribution in [0.25, 0.3) is 0 Å². The van der Waals surface area contributed by atoms with Crippen molar-refractivity contribution in [3.63, 3.8) is 0 Å². The first-order valence-corrected chi connectivity index (χ1v) is 5.42. The molecule has 0 saturated heterocycles. The topological polar surface area (TPSA) is 21.3 Å². The normalized spacial score (nSPS) is 13.7. The van der Waals surface area contributed by atoms with Gasteiger partial charge < -0.3 is 10.1 Å². The van der Waals surface area contributed by atoms with Crippen molar-refractivity contribution in [1.82, 2.24) is 5.32 Å². The Morgan fingerprint density at radius 2 is 1.82 bits per heavy atom. The van der Waals surface area contributed by atoms with E-state index in [4.69, 9.17) is 4.74 Å². The average Bonchev–Trinajstić information content (AvgIpc) is 2.28. The standard InChI is InChI=1S/C12H16F3NO/c1-3-17-11(8-16-2)9-4-6-10(7-5-9)12(13,14)15/h4-7,11,16H,3,8H2,1-2H3/t11-/m0/s1. The Hall–Kier alpha value is -1.07. The van der Waals surface area contributed by atoms with Crippen LogP contribution in [0.5, 0.6) is 0 Å². The van der Waals surface area contributed by atoms with E-state index < -0.39 is 11.7 Å². The van der Waals surface area contributed by atoms with Crippen molar-refractivity contribution >= 4 is 0 Å². The van der Waals surface area contributed by atoms with Gasteiger partial charge in [-0.1, -0.05) is 12.1 Å². The van der Waals surface area contributed by atoms with Gasteiger partial charge in [-0.15, -0.1) is 0 Å². The lowest BCUT2D eigenvalue weighted by atomic mass is 10.1. The monoisotopic (exact) mass is 247 g/mol. The molecule has 0 spiro atoms. The van der Waals surface area contributed by atoms with Gasteiger partial charge >= 0.3 is 6.18 Å². The van der Waals surface area contributed by atoms with E-state index in [1.165, 1.54) is 12.1 Å². The maximum atomic E-state index is 12.4. The Morgan fingerprint density at radius 3 is 2.24 bits per heavy atom. The van der Waals surface area contributed by atoms with Gasteiger partial charge in [-0.3, -0.25) is 0 Å². The van der Waals surface area contributed by atoms with Crippen molar-refractivity contribution in [2.24, 2.45) is 0 Å². The Bertz CT molecular complexity index is 329. The molecule has 1 N–H and O–H groups in total. The van der Waals surface area contributed by atoms with Gasteiger partial charge in [-0.25, -0.2) is 0 Å². The predicted octanol–water partition coefficient (Wildman–Crippen LogP) is 3.00. The van der Waals surface area contributed by atoms with E-state index in [1.54, 1.807) is 7.05 Å². The van der Waals surface area contributed by atoms with Crippen LogP contribution in [0.1, 0.15) is 24.2 Å². The number of likely N-dealkylation sites (N-methyl/N-ethyl adjacent to an activating group) is 1. The highest BCUT2D eigenvalue weighted by Crippen LogP contribution is 2.30. The van der Waals surface area contributed by atoms with Gasteiger partial charge in [0.05, 0.1) is 11.7 Å². The molecule has 0 fully saturated rings. The van der Waals surface area contributed by atoms with Gasteiger partial charge in [0.2, 0.25) is 0 Å². The van der Waals surface area contributed by atoms with Gasteiger partial charge in [0.25, 0.3) is 0 Å². The van der Waals surface area contributed by atoms with Crippen molar-refractivity contribution in [3.05, 3.63) is 35.4 Å². The summed E-state index contributed by atoms with van der Waals surface area (Å²) in [6, 6.07) is 5.08. The minimum absolute atomic E-state index is 0.215. The number of halogens is 3. The lowest BCUT2D eigenvalue weighted by Crippen LogP contribution is -2.20. The maximum absolute atomic E-state index is 12.4. The fourth-order valence-corrected chi connectivity index (χ4v) is 1.55.